The van der Waals surface area contributed by atoms with Gasteiger partial charge in [0.15, 0.2) is 0 Å². The molecule has 0 saturated carbocycles. The average Bonchev–Trinajstić information content (AvgIpc) is 3.11. The van der Waals surface area contributed by atoms with Crippen molar-refractivity contribution >= 4 is 16.8 Å². The standard InChI is InChI=1S/C24H30N4O/c1-19-10-7-8-16-27(19)17-9-15-25-23(29)18-28-22-14-6-5-13-21(22)24(26-28)20-11-3-2-4-12-20/h2-6,11-14,19H,7-10,15-18H2,1H3,(H,25,29)/t19-/m0/s1. The molecule has 1 saturated heterocycles. The fraction of sp³-hybridized carbons (Fsp3) is 0.417. The van der Waals surface area contributed by atoms with Crippen LogP contribution in [0.1, 0.15) is 32.6 Å². The Kier molecular flexibility index (Phi) is 6.25. The molecule has 0 radical (unpaired) electrons. The van der Waals surface area contributed by atoms with Crippen molar-refractivity contribution in [2.24, 2.45) is 0 Å². The number of carbonyl (C=O) groups is 1. The highest BCUT2D eigenvalue weighted by Crippen LogP contribution is 2.27. The second kappa shape index (κ2) is 9.23. The first kappa shape index (κ1) is 19.6. The topological polar surface area (TPSA) is 50.2 Å². The van der Waals surface area contributed by atoms with E-state index in [1.807, 2.05) is 41.1 Å². The molecule has 2 heterocycles. The smallest absolute Gasteiger partial charge is 0.241 e. The lowest BCUT2D eigenvalue weighted by Gasteiger charge is -2.33. The molecule has 1 N–H and O–H groups in total. The van der Waals surface area contributed by atoms with Gasteiger partial charge in [0.1, 0.15) is 12.2 Å². The zero-order valence-corrected chi connectivity index (χ0v) is 17.2. The molecule has 1 aromatic heterocycles. The minimum absolute atomic E-state index is 0.0181. The van der Waals surface area contributed by atoms with Gasteiger partial charge in [-0.1, -0.05) is 55.0 Å². The number of piperidine rings is 1. The zero-order valence-electron chi connectivity index (χ0n) is 17.2. The van der Waals surface area contributed by atoms with Crippen molar-refractivity contribution in [3.05, 3.63) is 54.6 Å². The van der Waals surface area contributed by atoms with E-state index in [-0.39, 0.29) is 12.5 Å². The molecule has 3 aromatic rings. The minimum atomic E-state index is 0.0181. The van der Waals surface area contributed by atoms with Gasteiger partial charge in [0.05, 0.1) is 5.52 Å². The summed E-state index contributed by atoms with van der Waals surface area (Å²) in [5.41, 5.74) is 2.98. The van der Waals surface area contributed by atoms with Crippen molar-refractivity contribution in [2.45, 2.75) is 45.2 Å². The predicted molar refractivity (Wildman–Crippen MR) is 118 cm³/mol. The lowest BCUT2D eigenvalue weighted by Crippen LogP contribution is -2.39. The van der Waals surface area contributed by atoms with Crippen LogP contribution < -0.4 is 5.32 Å². The van der Waals surface area contributed by atoms with E-state index < -0.39 is 0 Å². The van der Waals surface area contributed by atoms with Gasteiger partial charge in [-0.05, 0) is 38.8 Å². The van der Waals surface area contributed by atoms with Crippen molar-refractivity contribution in [1.29, 1.82) is 0 Å². The maximum absolute atomic E-state index is 12.5. The Balaban J connectivity index is 1.37. The van der Waals surface area contributed by atoms with Crippen LogP contribution in [-0.4, -0.2) is 46.3 Å². The summed E-state index contributed by atoms with van der Waals surface area (Å²) < 4.78 is 1.82. The van der Waals surface area contributed by atoms with E-state index >= 15 is 0 Å². The number of amides is 1. The average molecular weight is 391 g/mol. The van der Waals surface area contributed by atoms with E-state index in [9.17, 15) is 4.79 Å². The van der Waals surface area contributed by atoms with E-state index in [2.05, 4.69) is 35.3 Å². The van der Waals surface area contributed by atoms with Gasteiger partial charge in [-0.3, -0.25) is 9.48 Å². The van der Waals surface area contributed by atoms with Crippen molar-refractivity contribution in [2.75, 3.05) is 19.6 Å². The highest BCUT2D eigenvalue weighted by molar-refractivity contribution is 5.94. The SMILES string of the molecule is C[C@H]1CCCCN1CCCNC(=O)Cn1nc(-c2ccccc2)c2ccccc21. The highest BCUT2D eigenvalue weighted by Gasteiger charge is 2.17. The second-order valence-corrected chi connectivity index (χ2v) is 7.97. The quantitative estimate of drug-likeness (QED) is 0.619. The van der Waals surface area contributed by atoms with E-state index in [4.69, 9.17) is 5.10 Å². The van der Waals surface area contributed by atoms with Gasteiger partial charge in [0, 0.05) is 30.1 Å². The van der Waals surface area contributed by atoms with Gasteiger partial charge < -0.3 is 10.2 Å². The molecule has 29 heavy (non-hydrogen) atoms. The first-order chi connectivity index (χ1) is 14.2. The number of para-hydroxylation sites is 1. The van der Waals surface area contributed by atoms with Crippen LogP contribution >= 0.6 is 0 Å². The lowest BCUT2D eigenvalue weighted by molar-refractivity contribution is -0.121. The summed E-state index contributed by atoms with van der Waals surface area (Å²) in [6.07, 6.45) is 4.93. The Morgan fingerprint density at radius 3 is 2.72 bits per heavy atom. The van der Waals surface area contributed by atoms with Gasteiger partial charge in [0.25, 0.3) is 0 Å². The number of hydrogen-bond donors (Lipinski definition) is 1. The maximum Gasteiger partial charge on any atom is 0.241 e. The lowest BCUT2D eigenvalue weighted by atomic mass is 10.0. The molecule has 5 nitrogen and oxygen atoms in total. The molecule has 1 aliphatic rings. The Labute approximate surface area is 172 Å². The van der Waals surface area contributed by atoms with Gasteiger partial charge in [-0.25, -0.2) is 0 Å². The summed E-state index contributed by atoms with van der Waals surface area (Å²) in [6, 6.07) is 18.9. The summed E-state index contributed by atoms with van der Waals surface area (Å²) in [4.78, 5) is 15.1. The molecule has 1 aliphatic heterocycles. The molecular weight excluding hydrogens is 360 g/mol. The summed E-state index contributed by atoms with van der Waals surface area (Å²) in [7, 11) is 0. The third-order valence-corrected chi connectivity index (χ3v) is 5.88. The third-order valence-electron chi connectivity index (χ3n) is 5.88. The van der Waals surface area contributed by atoms with Crippen LogP contribution in [0.4, 0.5) is 0 Å². The van der Waals surface area contributed by atoms with Crippen LogP contribution in [0, 0.1) is 0 Å². The van der Waals surface area contributed by atoms with Crippen molar-refractivity contribution in [1.82, 2.24) is 20.0 Å². The van der Waals surface area contributed by atoms with Crippen molar-refractivity contribution in [3.63, 3.8) is 0 Å². The van der Waals surface area contributed by atoms with Crippen LogP contribution in [0.3, 0.4) is 0 Å². The van der Waals surface area contributed by atoms with Gasteiger partial charge in [-0.2, -0.15) is 5.10 Å². The molecule has 1 amide bonds. The second-order valence-electron chi connectivity index (χ2n) is 7.97. The van der Waals surface area contributed by atoms with Crippen molar-refractivity contribution in [3.8, 4) is 11.3 Å². The maximum atomic E-state index is 12.5. The molecule has 0 spiro atoms. The number of likely N-dealkylation sites (tertiary alicyclic amines) is 1. The summed E-state index contributed by atoms with van der Waals surface area (Å²) in [6.45, 7) is 5.52. The molecule has 4 rings (SSSR count). The molecule has 0 unspecified atom stereocenters. The number of nitrogens with zero attached hydrogens (tertiary/aromatic N) is 3. The first-order valence-electron chi connectivity index (χ1n) is 10.7. The molecule has 152 valence electrons. The van der Waals surface area contributed by atoms with Gasteiger partial charge >= 0.3 is 0 Å². The van der Waals surface area contributed by atoms with Crippen LogP contribution in [0.5, 0.6) is 0 Å². The molecule has 5 heteroatoms. The van der Waals surface area contributed by atoms with Crippen LogP contribution in [0.25, 0.3) is 22.2 Å². The highest BCUT2D eigenvalue weighted by atomic mass is 16.2. The molecule has 2 aromatic carbocycles. The first-order valence-corrected chi connectivity index (χ1v) is 10.7. The monoisotopic (exact) mass is 390 g/mol. The fourth-order valence-corrected chi connectivity index (χ4v) is 4.25. The van der Waals surface area contributed by atoms with E-state index in [1.165, 1.54) is 25.8 Å². The van der Waals surface area contributed by atoms with Crippen molar-refractivity contribution < 1.29 is 4.79 Å². The number of aromatic nitrogens is 2. The molecular formula is C24H30N4O. The predicted octanol–water partition coefficient (Wildman–Crippen LogP) is 4.08. The van der Waals surface area contributed by atoms with E-state index in [1.54, 1.807) is 0 Å². The van der Waals surface area contributed by atoms with Crippen LogP contribution in [-0.2, 0) is 11.3 Å². The number of fused-ring (bicyclic) bond motifs is 1. The Morgan fingerprint density at radius 2 is 1.90 bits per heavy atom. The number of carbonyl (C=O) groups excluding carboxylic acids is 1. The molecule has 0 aliphatic carbocycles. The number of rotatable bonds is 7. The van der Waals surface area contributed by atoms with Crippen LogP contribution in [0.15, 0.2) is 54.6 Å². The molecule has 1 fully saturated rings. The number of benzene rings is 2. The Bertz CT molecular complexity index is 950. The van der Waals surface area contributed by atoms with E-state index in [0.717, 1.165) is 35.1 Å². The molecule has 1 atom stereocenters. The van der Waals surface area contributed by atoms with Gasteiger partial charge in [0.2, 0.25) is 5.91 Å². The minimum Gasteiger partial charge on any atom is -0.354 e. The molecule has 0 bridgehead atoms. The summed E-state index contributed by atoms with van der Waals surface area (Å²) >= 11 is 0. The summed E-state index contributed by atoms with van der Waals surface area (Å²) in [5, 5.41) is 8.91. The van der Waals surface area contributed by atoms with Gasteiger partial charge in [-0.15, -0.1) is 0 Å². The zero-order chi connectivity index (χ0) is 20.1. The number of nitrogens with one attached hydrogen (secondary N) is 1. The Hall–Kier alpha value is -2.66. The largest absolute Gasteiger partial charge is 0.354 e. The van der Waals surface area contributed by atoms with E-state index in [0.29, 0.717) is 12.6 Å². The third kappa shape index (κ3) is 4.67. The van der Waals surface area contributed by atoms with Crippen LogP contribution in [0.2, 0.25) is 0 Å². The normalized spacial score (nSPS) is 17.5. The fourth-order valence-electron chi connectivity index (χ4n) is 4.25. The Morgan fingerprint density at radius 1 is 1.10 bits per heavy atom. The number of hydrogen-bond acceptors (Lipinski definition) is 3. The summed E-state index contributed by atoms with van der Waals surface area (Å²) in [5.74, 6) is 0.0181.